The Morgan fingerprint density at radius 2 is 2.23 bits per heavy atom. The summed E-state index contributed by atoms with van der Waals surface area (Å²) in [5.74, 6) is -0.0550. The molecule has 0 aromatic heterocycles. The Labute approximate surface area is 78.3 Å². The monoisotopic (exact) mass is 178 g/mol. The van der Waals surface area contributed by atoms with E-state index < -0.39 is 0 Å². The summed E-state index contributed by atoms with van der Waals surface area (Å²) in [6.07, 6.45) is 10.2. The van der Waals surface area contributed by atoms with Crippen LogP contribution in [-0.4, -0.2) is 13.1 Å². The quantitative estimate of drug-likeness (QED) is 0.575. The van der Waals surface area contributed by atoms with Crippen LogP contribution in [0.5, 0.6) is 0 Å². The highest BCUT2D eigenvalue weighted by atomic mass is 16.5. The van der Waals surface area contributed by atoms with Crippen molar-refractivity contribution >= 4 is 5.97 Å². The van der Waals surface area contributed by atoms with Crippen molar-refractivity contribution in [3.8, 4) is 0 Å². The molecule has 0 saturated carbocycles. The molecule has 2 rings (SSSR count). The SMILES string of the molecule is COC(=O)C12CCC=CC1=CCC2. The van der Waals surface area contributed by atoms with E-state index in [9.17, 15) is 4.79 Å². The fourth-order valence-corrected chi connectivity index (χ4v) is 2.37. The van der Waals surface area contributed by atoms with Crippen LogP contribution in [0.4, 0.5) is 0 Å². The van der Waals surface area contributed by atoms with Crippen LogP contribution >= 0.6 is 0 Å². The number of esters is 1. The lowest BCUT2D eigenvalue weighted by Crippen LogP contribution is -2.32. The van der Waals surface area contributed by atoms with E-state index >= 15 is 0 Å². The molecule has 0 spiro atoms. The van der Waals surface area contributed by atoms with Crippen LogP contribution in [-0.2, 0) is 9.53 Å². The first-order chi connectivity index (χ1) is 6.29. The fourth-order valence-electron chi connectivity index (χ4n) is 2.37. The van der Waals surface area contributed by atoms with Crippen molar-refractivity contribution in [1.29, 1.82) is 0 Å². The maximum atomic E-state index is 11.7. The van der Waals surface area contributed by atoms with Crippen LogP contribution in [0.1, 0.15) is 25.7 Å². The lowest BCUT2D eigenvalue weighted by atomic mass is 9.74. The third-order valence-corrected chi connectivity index (χ3v) is 3.10. The zero-order valence-electron chi connectivity index (χ0n) is 7.88. The number of carbonyl (C=O) groups excluding carboxylic acids is 1. The van der Waals surface area contributed by atoms with Crippen LogP contribution in [0.2, 0.25) is 0 Å². The van der Waals surface area contributed by atoms with Crippen molar-refractivity contribution in [2.45, 2.75) is 25.7 Å². The molecule has 1 atom stereocenters. The number of allylic oxidation sites excluding steroid dienone is 3. The summed E-state index contributed by atoms with van der Waals surface area (Å²) in [5, 5.41) is 0. The van der Waals surface area contributed by atoms with E-state index in [1.165, 1.54) is 12.7 Å². The number of hydrogen-bond acceptors (Lipinski definition) is 2. The van der Waals surface area contributed by atoms with Crippen LogP contribution in [0.25, 0.3) is 0 Å². The summed E-state index contributed by atoms with van der Waals surface area (Å²) in [7, 11) is 1.48. The summed E-state index contributed by atoms with van der Waals surface area (Å²) in [5.41, 5.74) is 0.884. The maximum absolute atomic E-state index is 11.7. The largest absolute Gasteiger partial charge is 0.468 e. The van der Waals surface area contributed by atoms with E-state index in [4.69, 9.17) is 4.74 Å². The summed E-state index contributed by atoms with van der Waals surface area (Å²) >= 11 is 0. The minimum Gasteiger partial charge on any atom is -0.468 e. The molecular weight excluding hydrogens is 164 g/mol. The van der Waals surface area contributed by atoms with Crippen LogP contribution in [0, 0.1) is 5.41 Å². The van der Waals surface area contributed by atoms with Gasteiger partial charge in [-0.3, -0.25) is 4.79 Å². The van der Waals surface area contributed by atoms with Gasteiger partial charge in [-0.1, -0.05) is 18.2 Å². The van der Waals surface area contributed by atoms with E-state index in [0.717, 1.165) is 25.7 Å². The Morgan fingerprint density at radius 3 is 3.00 bits per heavy atom. The minimum absolute atomic E-state index is 0.0550. The normalized spacial score (nSPS) is 31.0. The second-order valence-electron chi connectivity index (χ2n) is 3.71. The highest BCUT2D eigenvalue weighted by Crippen LogP contribution is 2.46. The topological polar surface area (TPSA) is 26.3 Å². The molecule has 0 saturated heterocycles. The zero-order chi connectivity index (χ0) is 9.31. The van der Waals surface area contributed by atoms with Gasteiger partial charge in [0.25, 0.3) is 0 Å². The summed E-state index contributed by atoms with van der Waals surface area (Å²) in [6.45, 7) is 0. The molecule has 0 aromatic carbocycles. The first-order valence-electron chi connectivity index (χ1n) is 4.75. The first-order valence-corrected chi connectivity index (χ1v) is 4.75. The Bertz CT molecular complexity index is 288. The Balaban J connectivity index is 2.35. The lowest BCUT2D eigenvalue weighted by Gasteiger charge is -2.30. The number of ether oxygens (including phenoxy) is 1. The third kappa shape index (κ3) is 1.12. The Kier molecular flexibility index (Phi) is 1.98. The van der Waals surface area contributed by atoms with E-state index in [1.54, 1.807) is 0 Å². The molecule has 13 heavy (non-hydrogen) atoms. The minimum atomic E-state index is -0.288. The zero-order valence-corrected chi connectivity index (χ0v) is 7.88. The molecule has 70 valence electrons. The summed E-state index contributed by atoms with van der Waals surface area (Å²) in [6, 6.07) is 0. The smallest absolute Gasteiger partial charge is 0.316 e. The molecule has 0 radical (unpaired) electrons. The highest BCUT2D eigenvalue weighted by Gasteiger charge is 2.44. The van der Waals surface area contributed by atoms with Crippen molar-refractivity contribution in [3.05, 3.63) is 23.8 Å². The van der Waals surface area contributed by atoms with Gasteiger partial charge in [0.1, 0.15) is 0 Å². The van der Waals surface area contributed by atoms with E-state index in [1.807, 2.05) is 0 Å². The van der Waals surface area contributed by atoms with E-state index in [0.29, 0.717) is 0 Å². The molecule has 0 aliphatic heterocycles. The van der Waals surface area contributed by atoms with Crippen LogP contribution < -0.4 is 0 Å². The van der Waals surface area contributed by atoms with Crippen LogP contribution in [0.3, 0.4) is 0 Å². The Morgan fingerprint density at radius 1 is 1.46 bits per heavy atom. The lowest BCUT2D eigenvalue weighted by molar-refractivity contribution is -0.150. The average molecular weight is 178 g/mol. The van der Waals surface area contributed by atoms with Gasteiger partial charge >= 0.3 is 5.97 Å². The van der Waals surface area contributed by atoms with Gasteiger partial charge in [-0.05, 0) is 31.3 Å². The van der Waals surface area contributed by atoms with Crippen molar-refractivity contribution in [2.75, 3.05) is 7.11 Å². The summed E-state index contributed by atoms with van der Waals surface area (Å²) < 4.78 is 4.88. The van der Waals surface area contributed by atoms with Crippen LogP contribution in [0.15, 0.2) is 23.8 Å². The van der Waals surface area contributed by atoms with Gasteiger partial charge < -0.3 is 4.74 Å². The molecule has 2 nitrogen and oxygen atoms in total. The number of fused-ring (bicyclic) bond motifs is 1. The second-order valence-corrected chi connectivity index (χ2v) is 3.71. The first kappa shape index (κ1) is 8.54. The number of carbonyl (C=O) groups is 1. The van der Waals surface area contributed by atoms with Crippen molar-refractivity contribution < 1.29 is 9.53 Å². The molecule has 2 aliphatic carbocycles. The number of rotatable bonds is 1. The molecule has 0 fully saturated rings. The molecule has 0 N–H and O–H groups in total. The fraction of sp³-hybridized carbons (Fsp3) is 0.545. The molecular formula is C11H14O2. The van der Waals surface area contributed by atoms with Gasteiger partial charge in [0, 0.05) is 0 Å². The Hall–Kier alpha value is -1.05. The van der Waals surface area contributed by atoms with Gasteiger partial charge in [0.15, 0.2) is 0 Å². The standard InChI is InChI=1S/C11H14O2/c1-13-10(12)11-7-3-2-5-9(11)6-4-8-11/h2,5-6H,3-4,7-8H2,1H3. The highest BCUT2D eigenvalue weighted by molar-refractivity contribution is 5.82. The van der Waals surface area contributed by atoms with Gasteiger partial charge in [0.2, 0.25) is 0 Å². The van der Waals surface area contributed by atoms with Gasteiger partial charge in [0.05, 0.1) is 12.5 Å². The maximum Gasteiger partial charge on any atom is 0.316 e. The van der Waals surface area contributed by atoms with Crippen molar-refractivity contribution in [2.24, 2.45) is 5.41 Å². The van der Waals surface area contributed by atoms with Gasteiger partial charge in [-0.2, -0.15) is 0 Å². The summed E-state index contributed by atoms with van der Waals surface area (Å²) in [4.78, 5) is 11.7. The van der Waals surface area contributed by atoms with Crippen molar-refractivity contribution in [1.82, 2.24) is 0 Å². The van der Waals surface area contributed by atoms with Crippen molar-refractivity contribution in [3.63, 3.8) is 0 Å². The molecule has 1 unspecified atom stereocenters. The van der Waals surface area contributed by atoms with Gasteiger partial charge in [-0.15, -0.1) is 0 Å². The molecule has 0 heterocycles. The van der Waals surface area contributed by atoms with E-state index in [2.05, 4.69) is 18.2 Å². The molecule has 2 heteroatoms. The number of hydrogen-bond donors (Lipinski definition) is 0. The molecule has 0 amide bonds. The third-order valence-electron chi connectivity index (χ3n) is 3.10. The predicted molar refractivity (Wildman–Crippen MR) is 50.1 cm³/mol. The second kappa shape index (κ2) is 3.02. The molecule has 0 bridgehead atoms. The predicted octanol–water partition coefficient (Wildman–Crippen LogP) is 2.22. The average Bonchev–Trinajstić information content (AvgIpc) is 2.61. The van der Waals surface area contributed by atoms with Gasteiger partial charge in [-0.25, -0.2) is 0 Å². The molecule has 2 aliphatic rings. The van der Waals surface area contributed by atoms with E-state index in [-0.39, 0.29) is 11.4 Å². The molecule has 0 aromatic rings. The number of methoxy groups -OCH3 is 1.